The molecule has 1 amide bonds. The predicted octanol–water partition coefficient (Wildman–Crippen LogP) is 3.84. The minimum atomic E-state index is -4.48. The maximum atomic E-state index is 12.6. The SMILES string of the molecule is Cc1ccsc1/C=N/NC(=O)c1cccc(C(F)(F)F)c1. The summed E-state index contributed by atoms with van der Waals surface area (Å²) in [5.74, 6) is -0.688. The molecule has 21 heavy (non-hydrogen) atoms. The van der Waals surface area contributed by atoms with Crippen molar-refractivity contribution in [3.8, 4) is 0 Å². The van der Waals surface area contributed by atoms with Crippen molar-refractivity contribution in [3.05, 3.63) is 57.3 Å². The maximum absolute atomic E-state index is 12.6. The Morgan fingerprint density at radius 1 is 1.33 bits per heavy atom. The van der Waals surface area contributed by atoms with Crippen LogP contribution >= 0.6 is 11.3 Å². The molecule has 0 bridgehead atoms. The Hall–Kier alpha value is -2.15. The topological polar surface area (TPSA) is 41.5 Å². The first-order valence-corrected chi connectivity index (χ1v) is 6.80. The van der Waals surface area contributed by atoms with Gasteiger partial charge in [-0.25, -0.2) is 5.43 Å². The molecule has 0 spiro atoms. The number of thiophene rings is 1. The van der Waals surface area contributed by atoms with Crippen LogP contribution in [0.1, 0.15) is 26.4 Å². The molecule has 0 saturated heterocycles. The molecule has 1 heterocycles. The lowest BCUT2D eigenvalue weighted by Gasteiger charge is -2.07. The summed E-state index contributed by atoms with van der Waals surface area (Å²) in [5, 5.41) is 5.63. The molecule has 1 aromatic heterocycles. The van der Waals surface area contributed by atoms with Crippen LogP contribution in [0.25, 0.3) is 0 Å². The van der Waals surface area contributed by atoms with Crippen molar-refractivity contribution in [3.63, 3.8) is 0 Å². The fraction of sp³-hybridized carbons (Fsp3) is 0.143. The number of hydrazone groups is 1. The largest absolute Gasteiger partial charge is 0.416 e. The van der Waals surface area contributed by atoms with E-state index in [1.54, 1.807) is 0 Å². The van der Waals surface area contributed by atoms with Gasteiger partial charge < -0.3 is 0 Å². The molecule has 1 aromatic carbocycles. The van der Waals surface area contributed by atoms with Gasteiger partial charge >= 0.3 is 6.18 Å². The van der Waals surface area contributed by atoms with Crippen molar-refractivity contribution in [2.45, 2.75) is 13.1 Å². The second-order valence-electron chi connectivity index (χ2n) is 4.25. The Kier molecular flexibility index (Phi) is 4.42. The number of nitrogens with one attached hydrogen (secondary N) is 1. The van der Waals surface area contributed by atoms with Crippen LogP contribution in [0.3, 0.4) is 0 Å². The zero-order valence-electron chi connectivity index (χ0n) is 10.9. The fourth-order valence-corrected chi connectivity index (χ4v) is 2.35. The van der Waals surface area contributed by atoms with Crippen LogP contribution in [0.2, 0.25) is 0 Å². The third-order valence-electron chi connectivity index (χ3n) is 2.70. The summed E-state index contributed by atoms with van der Waals surface area (Å²) < 4.78 is 37.7. The van der Waals surface area contributed by atoms with Gasteiger partial charge in [-0.3, -0.25) is 4.79 Å². The number of carbonyl (C=O) groups is 1. The van der Waals surface area contributed by atoms with E-state index in [9.17, 15) is 18.0 Å². The van der Waals surface area contributed by atoms with Crippen LogP contribution in [-0.2, 0) is 6.18 Å². The fourth-order valence-electron chi connectivity index (χ4n) is 1.57. The van der Waals surface area contributed by atoms with E-state index < -0.39 is 17.6 Å². The van der Waals surface area contributed by atoms with E-state index in [0.717, 1.165) is 22.6 Å². The van der Waals surface area contributed by atoms with E-state index in [0.29, 0.717) is 0 Å². The van der Waals surface area contributed by atoms with Crippen LogP contribution < -0.4 is 5.43 Å². The molecule has 0 fully saturated rings. The van der Waals surface area contributed by atoms with E-state index in [1.807, 2.05) is 18.4 Å². The van der Waals surface area contributed by atoms with Gasteiger partial charge in [-0.15, -0.1) is 11.3 Å². The van der Waals surface area contributed by atoms with Crippen molar-refractivity contribution in [2.75, 3.05) is 0 Å². The van der Waals surface area contributed by atoms with Gasteiger partial charge in [0.2, 0.25) is 0 Å². The molecule has 110 valence electrons. The lowest BCUT2D eigenvalue weighted by molar-refractivity contribution is -0.137. The normalized spacial score (nSPS) is 11.8. The Bertz CT molecular complexity index is 677. The lowest BCUT2D eigenvalue weighted by atomic mass is 10.1. The first-order valence-electron chi connectivity index (χ1n) is 5.92. The number of hydrogen-bond acceptors (Lipinski definition) is 3. The summed E-state index contributed by atoms with van der Waals surface area (Å²) in [6.45, 7) is 1.90. The number of rotatable bonds is 3. The Morgan fingerprint density at radius 3 is 2.71 bits per heavy atom. The van der Waals surface area contributed by atoms with Crippen LogP contribution in [0.15, 0.2) is 40.8 Å². The number of carbonyl (C=O) groups excluding carboxylic acids is 1. The summed E-state index contributed by atoms with van der Waals surface area (Å²) >= 11 is 1.45. The van der Waals surface area contributed by atoms with Gasteiger partial charge in [-0.1, -0.05) is 6.07 Å². The summed E-state index contributed by atoms with van der Waals surface area (Å²) in [7, 11) is 0. The molecule has 7 heteroatoms. The highest BCUT2D eigenvalue weighted by atomic mass is 32.1. The summed E-state index contributed by atoms with van der Waals surface area (Å²) in [6.07, 6.45) is -3.01. The van der Waals surface area contributed by atoms with Crippen LogP contribution in [-0.4, -0.2) is 12.1 Å². The highest BCUT2D eigenvalue weighted by Gasteiger charge is 2.30. The molecule has 0 aliphatic heterocycles. The predicted molar refractivity (Wildman–Crippen MR) is 75.6 cm³/mol. The number of benzene rings is 1. The summed E-state index contributed by atoms with van der Waals surface area (Å²) in [6, 6.07) is 6.10. The van der Waals surface area contributed by atoms with Gasteiger partial charge in [0, 0.05) is 10.4 Å². The van der Waals surface area contributed by atoms with Gasteiger partial charge in [0.1, 0.15) is 0 Å². The number of hydrogen-bond donors (Lipinski definition) is 1. The first kappa shape index (κ1) is 15.2. The minimum Gasteiger partial charge on any atom is -0.267 e. The van der Waals surface area contributed by atoms with Crippen LogP contribution in [0, 0.1) is 6.92 Å². The second-order valence-corrected chi connectivity index (χ2v) is 5.19. The zero-order chi connectivity index (χ0) is 15.5. The van der Waals surface area contributed by atoms with Gasteiger partial charge in [-0.2, -0.15) is 18.3 Å². The molecule has 0 aliphatic rings. The van der Waals surface area contributed by atoms with Crippen LogP contribution in [0.4, 0.5) is 13.2 Å². The molecule has 0 atom stereocenters. The molecule has 0 radical (unpaired) electrons. The Labute approximate surface area is 123 Å². The van der Waals surface area contributed by atoms with E-state index in [4.69, 9.17) is 0 Å². The highest BCUT2D eigenvalue weighted by Crippen LogP contribution is 2.29. The summed E-state index contributed by atoms with van der Waals surface area (Å²) in [4.78, 5) is 12.6. The van der Waals surface area contributed by atoms with Gasteiger partial charge in [-0.05, 0) is 42.1 Å². The number of nitrogens with zero attached hydrogens (tertiary/aromatic N) is 1. The number of aryl methyl sites for hydroxylation is 1. The molecule has 0 unspecified atom stereocenters. The van der Waals surface area contributed by atoms with E-state index in [-0.39, 0.29) is 5.56 Å². The van der Waals surface area contributed by atoms with E-state index in [2.05, 4.69) is 10.5 Å². The van der Waals surface area contributed by atoms with Crippen molar-refractivity contribution in [2.24, 2.45) is 5.10 Å². The first-order chi connectivity index (χ1) is 9.88. The molecular weight excluding hydrogens is 301 g/mol. The van der Waals surface area contributed by atoms with Crippen molar-refractivity contribution >= 4 is 23.5 Å². The third-order valence-corrected chi connectivity index (χ3v) is 3.66. The smallest absolute Gasteiger partial charge is 0.267 e. The lowest BCUT2D eigenvalue weighted by Crippen LogP contribution is -2.18. The van der Waals surface area contributed by atoms with Crippen molar-refractivity contribution in [1.82, 2.24) is 5.43 Å². The van der Waals surface area contributed by atoms with Crippen molar-refractivity contribution < 1.29 is 18.0 Å². The van der Waals surface area contributed by atoms with Gasteiger partial charge in [0.05, 0.1) is 11.8 Å². The van der Waals surface area contributed by atoms with Crippen LogP contribution in [0.5, 0.6) is 0 Å². The number of amides is 1. The second kappa shape index (κ2) is 6.09. The molecule has 2 aromatic rings. The third kappa shape index (κ3) is 3.91. The Balaban J connectivity index is 2.07. The molecule has 0 saturated carbocycles. The molecule has 0 aliphatic carbocycles. The molecule has 3 nitrogen and oxygen atoms in total. The number of halogens is 3. The standard InChI is InChI=1S/C14H11F3N2OS/c1-9-5-6-21-12(9)8-18-19-13(20)10-3-2-4-11(7-10)14(15,16)17/h2-8H,1H3,(H,19,20)/b18-8+. The van der Waals surface area contributed by atoms with Gasteiger partial charge in [0.15, 0.2) is 0 Å². The van der Waals surface area contributed by atoms with Crippen molar-refractivity contribution in [1.29, 1.82) is 0 Å². The van der Waals surface area contributed by atoms with E-state index >= 15 is 0 Å². The average Bonchev–Trinajstić information content (AvgIpc) is 2.83. The number of alkyl halides is 3. The zero-order valence-corrected chi connectivity index (χ0v) is 11.8. The van der Waals surface area contributed by atoms with Gasteiger partial charge in [0.25, 0.3) is 5.91 Å². The molecule has 2 rings (SSSR count). The summed E-state index contributed by atoms with van der Waals surface area (Å²) in [5.41, 5.74) is 2.26. The monoisotopic (exact) mass is 312 g/mol. The molecular formula is C14H11F3N2OS. The average molecular weight is 312 g/mol. The maximum Gasteiger partial charge on any atom is 0.416 e. The quantitative estimate of drug-likeness (QED) is 0.679. The minimum absolute atomic E-state index is 0.0927. The molecule has 1 N–H and O–H groups in total. The Morgan fingerprint density at radius 2 is 2.10 bits per heavy atom. The highest BCUT2D eigenvalue weighted by molar-refractivity contribution is 7.11. The van der Waals surface area contributed by atoms with E-state index in [1.165, 1.54) is 29.7 Å².